The molecule has 3 rings (SSSR count). The number of hydrogen-bond acceptors (Lipinski definition) is 3. The van der Waals surface area contributed by atoms with Gasteiger partial charge in [-0.1, -0.05) is 42.5 Å². The van der Waals surface area contributed by atoms with E-state index in [4.69, 9.17) is 9.15 Å². The van der Waals surface area contributed by atoms with Crippen LogP contribution in [-0.2, 0) is 11.3 Å². The van der Waals surface area contributed by atoms with Crippen LogP contribution < -0.4 is 10.1 Å². The Hall–Kier alpha value is -3.27. The molecule has 2 aromatic carbocycles. The predicted molar refractivity (Wildman–Crippen MR) is 97.9 cm³/mol. The van der Waals surface area contributed by atoms with Crippen LogP contribution in [0.15, 0.2) is 77.4 Å². The second-order valence-corrected chi connectivity index (χ2v) is 5.46. The van der Waals surface area contributed by atoms with E-state index in [-0.39, 0.29) is 5.91 Å². The van der Waals surface area contributed by atoms with E-state index in [1.807, 2.05) is 66.7 Å². The number of amides is 1. The summed E-state index contributed by atoms with van der Waals surface area (Å²) in [4.78, 5) is 12.7. The highest BCUT2D eigenvalue weighted by atomic mass is 16.5. The molecule has 0 saturated carbocycles. The molecule has 0 spiro atoms. The Kier molecular flexibility index (Phi) is 5.32. The van der Waals surface area contributed by atoms with Gasteiger partial charge in [-0.25, -0.2) is 0 Å². The molecule has 4 nitrogen and oxygen atoms in total. The van der Waals surface area contributed by atoms with Gasteiger partial charge in [-0.05, 0) is 41.5 Å². The molecule has 0 bridgehead atoms. The molecular weight excluding hydrogens is 314 g/mol. The average Bonchev–Trinajstić information content (AvgIpc) is 3.19. The maximum Gasteiger partial charge on any atom is 0.252 e. The summed E-state index contributed by atoms with van der Waals surface area (Å²) in [5, 5.41) is 2.90. The van der Waals surface area contributed by atoms with E-state index >= 15 is 0 Å². The van der Waals surface area contributed by atoms with Crippen LogP contribution in [0, 0.1) is 0 Å². The third-order valence-electron chi connectivity index (χ3n) is 3.76. The van der Waals surface area contributed by atoms with Crippen LogP contribution in [-0.4, -0.2) is 13.0 Å². The van der Waals surface area contributed by atoms with Crippen LogP contribution in [0.4, 0.5) is 0 Å². The number of ether oxygens (including phenoxy) is 1. The Morgan fingerprint density at radius 3 is 2.44 bits per heavy atom. The topological polar surface area (TPSA) is 51.5 Å². The summed E-state index contributed by atoms with van der Waals surface area (Å²) < 4.78 is 10.4. The Balaban J connectivity index is 1.86. The maximum atomic E-state index is 12.7. The predicted octanol–water partition coefficient (Wildman–Crippen LogP) is 4.15. The fourth-order valence-corrected chi connectivity index (χ4v) is 2.44. The van der Waals surface area contributed by atoms with Crippen molar-refractivity contribution in [1.82, 2.24) is 5.32 Å². The van der Waals surface area contributed by atoms with Gasteiger partial charge in [0.1, 0.15) is 11.5 Å². The van der Waals surface area contributed by atoms with E-state index in [0.29, 0.717) is 17.9 Å². The minimum atomic E-state index is -0.154. The highest BCUT2D eigenvalue weighted by Gasteiger charge is 2.12. The van der Waals surface area contributed by atoms with Gasteiger partial charge < -0.3 is 14.5 Å². The Bertz CT molecular complexity index is 835. The highest BCUT2D eigenvalue weighted by Crippen LogP contribution is 2.20. The van der Waals surface area contributed by atoms with Crippen molar-refractivity contribution in [2.24, 2.45) is 0 Å². The normalized spacial score (nSPS) is 11.2. The Labute approximate surface area is 146 Å². The number of carbonyl (C=O) groups is 1. The summed E-state index contributed by atoms with van der Waals surface area (Å²) in [6, 6.07) is 20.8. The van der Waals surface area contributed by atoms with Crippen molar-refractivity contribution in [2.75, 3.05) is 7.11 Å². The van der Waals surface area contributed by atoms with E-state index in [9.17, 15) is 4.79 Å². The minimum Gasteiger partial charge on any atom is -0.497 e. The molecule has 1 aromatic heterocycles. The zero-order chi connectivity index (χ0) is 17.5. The molecule has 4 heteroatoms. The number of rotatable bonds is 6. The van der Waals surface area contributed by atoms with Crippen molar-refractivity contribution in [3.8, 4) is 5.75 Å². The number of furan rings is 1. The van der Waals surface area contributed by atoms with E-state index in [1.54, 1.807) is 19.4 Å². The monoisotopic (exact) mass is 333 g/mol. The molecule has 1 heterocycles. The van der Waals surface area contributed by atoms with Crippen LogP contribution in [0.2, 0.25) is 0 Å². The van der Waals surface area contributed by atoms with Crippen molar-refractivity contribution in [3.05, 3.63) is 89.9 Å². The van der Waals surface area contributed by atoms with Crippen molar-refractivity contribution in [3.63, 3.8) is 0 Å². The molecule has 126 valence electrons. The molecule has 0 atom stereocenters. The Morgan fingerprint density at radius 1 is 1.04 bits per heavy atom. The standard InChI is InChI=1S/C21H19NO3/c1-24-18-11-9-16(10-12-18)14-20(17-6-3-2-4-7-17)21(23)22-15-19-8-5-13-25-19/h2-14H,15H2,1H3,(H,22,23)/b20-14+. The van der Waals surface area contributed by atoms with Crippen molar-refractivity contribution in [2.45, 2.75) is 6.54 Å². The molecule has 0 saturated heterocycles. The van der Waals surface area contributed by atoms with Crippen LogP contribution >= 0.6 is 0 Å². The number of hydrogen-bond donors (Lipinski definition) is 1. The molecular formula is C21H19NO3. The van der Waals surface area contributed by atoms with Crippen LogP contribution in [0.1, 0.15) is 16.9 Å². The van der Waals surface area contributed by atoms with E-state index in [2.05, 4.69) is 5.32 Å². The number of carbonyl (C=O) groups excluding carboxylic acids is 1. The number of nitrogens with one attached hydrogen (secondary N) is 1. The first-order chi connectivity index (χ1) is 12.3. The third kappa shape index (κ3) is 4.38. The van der Waals surface area contributed by atoms with Crippen LogP contribution in [0.25, 0.3) is 11.6 Å². The van der Waals surface area contributed by atoms with Gasteiger partial charge in [0.15, 0.2) is 0 Å². The molecule has 1 amide bonds. The third-order valence-corrected chi connectivity index (χ3v) is 3.76. The lowest BCUT2D eigenvalue weighted by Gasteiger charge is -2.09. The zero-order valence-electron chi connectivity index (χ0n) is 13.9. The number of benzene rings is 2. The molecule has 0 radical (unpaired) electrons. The molecule has 3 aromatic rings. The summed E-state index contributed by atoms with van der Waals surface area (Å²) in [7, 11) is 1.63. The molecule has 0 aliphatic carbocycles. The van der Waals surface area contributed by atoms with Gasteiger partial charge in [-0.15, -0.1) is 0 Å². The average molecular weight is 333 g/mol. The quantitative estimate of drug-likeness (QED) is 0.545. The van der Waals surface area contributed by atoms with Gasteiger partial charge in [0, 0.05) is 5.57 Å². The molecule has 0 aliphatic rings. The van der Waals surface area contributed by atoms with Crippen LogP contribution in [0.5, 0.6) is 5.75 Å². The smallest absolute Gasteiger partial charge is 0.252 e. The highest BCUT2D eigenvalue weighted by molar-refractivity contribution is 6.24. The molecule has 0 aliphatic heterocycles. The van der Waals surface area contributed by atoms with Gasteiger partial charge >= 0.3 is 0 Å². The van der Waals surface area contributed by atoms with E-state index < -0.39 is 0 Å². The molecule has 25 heavy (non-hydrogen) atoms. The largest absolute Gasteiger partial charge is 0.497 e. The van der Waals surface area contributed by atoms with Crippen molar-refractivity contribution < 1.29 is 13.9 Å². The van der Waals surface area contributed by atoms with Gasteiger partial charge in [0.05, 0.1) is 19.9 Å². The van der Waals surface area contributed by atoms with Gasteiger partial charge in [0.25, 0.3) is 5.91 Å². The van der Waals surface area contributed by atoms with Gasteiger partial charge in [0.2, 0.25) is 0 Å². The molecule has 0 unspecified atom stereocenters. The minimum absolute atomic E-state index is 0.154. The summed E-state index contributed by atoms with van der Waals surface area (Å²) in [5.41, 5.74) is 2.38. The van der Waals surface area contributed by atoms with Crippen LogP contribution in [0.3, 0.4) is 0 Å². The van der Waals surface area contributed by atoms with Crippen molar-refractivity contribution >= 4 is 17.6 Å². The lowest BCUT2D eigenvalue weighted by Crippen LogP contribution is -2.23. The van der Waals surface area contributed by atoms with Gasteiger partial charge in [-0.3, -0.25) is 4.79 Å². The van der Waals surface area contributed by atoms with Crippen molar-refractivity contribution in [1.29, 1.82) is 0 Å². The lowest BCUT2D eigenvalue weighted by molar-refractivity contribution is -0.115. The Morgan fingerprint density at radius 2 is 1.80 bits per heavy atom. The molecule has 0 fully saturated rings. The lowest BCUT2D eigenvalue weighted by atomic mass is 10.0. The van der Waals surface area contributed by atoms with E-state index in [0.717, 1.165) is 16.9 Å². The first-order valence-corrected chi connectivity index (χ1v) is 7.98. The maximum absolute atomic E-state index is 12.7. The fraction of sp³-hybridized carbons (Fsp3) is 0.0952. The number of methoxy groups -OCH3 is 1. The summed E-state index contributed by atoms with van der Waals surface area (Å²) in [6.07, 6.45) is 3.46. The second-order valence-electron chi connectivity index (χ2n) is 5.46. The SMILES string of the molecule is COc1ccc(/C=C(/C(=O)NCc2ccco2)c2ccccc2)cc1. The molecule has 1 N–H and O–H groups in total. The summed E-state index contributed by atoms with van der Waals surface area (Å²) in [5.74, 6) is 1.34. The first kappa shape index (κ1) is 16.6. The zero-order valence-corrected chi connectivity index (χ0v) is 13.9. The van der Waals surface area contributed by atoms with Gasteiger partial charge in [-0.2, -0.15) is 0 Å². The summed E-state index contributed by atoms with van der Waals surface area (Å²) >= 11 is 0. The first-order valence-electron chi connectivity index (χ1n) is 7.98. The summed E-state index contributed by atoms with van der Waals surface area (Å²) in [6.45, 7) is 0.346. The fourth-order valence-electron chi connectivity index (χ4n) is 2.44. The van der Waals surface area contributed by atoms with E-state index in [1.165, 1.54) is 0 Å². The second kappa shape index (κ2) is 8.02.